The maximum atomic E-state index is 13.5. The Morgan fingerprint density at radius 1 is 0.884 bits per heavy atom. The molecule has 0 aliphatic carbocycles. The summed E-state index contributed by atoms with van der Waals surface area (Å²) >= 11 is 7.08. The van der Waals surface area contributed by atoms with Gasteiger partial charge in [0.2, 0.25) is 5.91 Å². The third-order valence-electron chi connectivity index (χ3n) is 7.03. The van der Waals surface area contributed by atoms with Gasteiger partial charge >= 0.3 is 11.9 Å². The molecule has 4 unspecified atom stereocenters. The molecule has 1 fully saturated rings. The number of nitrogens with zero attached hydrogens (tertiary/aromatic N) is 1. The minimum atomic E-state index is -1.32. The van der Waals surface area contributed by atoms with Crippen LogP contribution in [0.25, 0.3) is 0 Å². The van der Waals surface area contributed by atoms with Crippen molar-refractivity contribution in [2.45, 2.75) is 42.2 Å². The first kappa shape index (κ1) is 32.6. The molecular weight excluding hydrogens is 603 g/mol. The summed E-state index contributed by atoms with van der Waals surface area (Å²) in [6, 6.07) is 28.2. The predicted molar refractivity (Wildman–Crippen MR) is 173 cm³/mol. The molecule has 1 aliphatic rings. The van der Waals surface area contributed by atoms with E-state index in [1.807, 2.05) is 66.7 Å². The van der Waals surface area contributed by atoms with Crippen LogP contribution in [0.15, 0.2) is 95.9 Å². The van der Waals surface area contributed by atoms with Gasteiger partial charge in [0.05, 0.1) is 22.6 Å². The second kappa shape index (κ2) is 16.5. The molecule has 10 heteroatoms. The molecule has 3 aromatic carbocycles. The molecule has 4 atom stereocenters. The molecule has 0 radical (unpaired) electrons. The van der Waals surface area contributed by atoms with Gasteiger partial charge in [-0.1, -0.05) is 110 Å². The van der Waals surface area contributed by atoms with E-state index < -0.39 is 34.6 Å². The summed E-state index contributed by atoms with van der Waals surface area (Å²) in [5.41, 5.74) is 1.79. The average molecular weight is 638 g/mol. The lowest BCUT2D eigenvalue weighted by Gasteiger charge is -2.25. The summed E-state index contributed by atoms with van der Waals surface area (Å²) in [4.78, 5) is 40.6. The van der Waals surface area contributed by atoms with Gasteiger partial charge in [0.15, 0.2) is 0 Å². The highest BCUT2D eigenvalue weighted by Crippen LogP contribution is 2.40. The number of thioether (sulfide) groups is 1. The highest BCUT2D eigenvalue weighted by atomic mass is 32.2. The number of hydrogen-bond acceptors (Lipinski definition) is 8. The van der Waals surface area contributed by atoms with E-state index >= 15 is 0 Å². The van der Waals surface area contributed by atoms with E-state index in [0.717, 1.165) is 17.5 Å². The number of hydrogen-bond donors (Lipinski definition) is 0. The van der Waals surface area contributed by atoms with Crippen LogP contribution >= 0.6 is 24.0 Å². The van der Waals surface area contributed by atoms with Crippen LogP contribution in [0, 0.1) is 5.92 Å². The minimum absolute atomic E-state index is 0.0264. The van der Waals surface area contributed by atoms with Gasteiger partial charge in [0.25, 0.3) is 0 Å². The number of esters is 2. The first-order chi connectivity index (χ1) is 20.8. The van der Waals surface area contributed by atoms with Crippen LogP contribution in [-0.4, -0.2) is 56.8 Å². The van der Waals surface area contributed by atoms with Crippen molar-refractivity contribution < 1.29 is 28.1 Å². The Balaban J connectivity index is 1.37. The second-order valence-electron chi connectivity index (χ2n) is 10.2. The number of amides is 1. The molecule has 1 saturated heterocycles. The van der Waals surface area contributed by atoms with Crippen molar-refractivity contribution in [3.8, 4) is 0 Å². The van der Waals surface area contributed by atoms with Gasteiger partial charge in [-0.3, -0.25) is 23.5 Å². The van der Waals surface area contributed by atoms with E-state index in [1.54, 1.807) is 36.1 Å². The maximum Gasteiger partial charge on any atom is 0.313 e. The maximum absolute atomic E-state index is 13.5. The number of carbonyl (C=O) groups excluding carboxylic acids is 3. The van der Waals surface area contributed by atoms with Crippen molar-refractivity contribution >= 4 is 56.9 Å². The zero-order valence-corrected chi connectivity index (χ0v) is 26.4. The fraction of sp³-hybridized carbons (Fsp3) is 0.333. The predicted octanol–water partition coefficient (Wildman–Crippen LogP) is 6.07. The molecule has 0 spiro atoms. The van der Waals surface area contributed by atoms with Crippen molar-refractivity contribution in [1.29, 1.82) is 0 Å². The van der Waals surface area contributed by atoms with Gasteiger partial charge in [-0.15, -0.1) is 0 Å². The molecule has 7 nitrogen and oxygen atoms in total. The molecular formula is C33H35NO6S3. The lowest BCUT2D eigenvalue weighted by Crippen LogP contribution is -2.29. The highest BCUT2D eigenvalue weighted by Gasteiger charge is 2.31. The van der Waals surface area contributed by atoms with E-state index in [9.17, 15) is 18.6 Å². The number of rotatable bonds is 13. The molecule has 1 heterocycles. The Morgan fingerprint density at radius 3 is 2.02 bits per heavy atom. The molecule has 3 aromatic rings. The van der Waals surface area contributed by atoms with Crippen LogP contribution in [0.5, 0.6) is 0 Å². The number of likely N-dealkylation sites (tertiary alicyclic amines) is 1. The van der Waals surface area contributed by atoms with Gasteiger partial charge in [0.1, 0.15) is 17.5 Å². The molecule has 0 aromatic heterocycles. The van der Waals surface area contributed by atoms with Crippen molar-refractivity contribution in [1.82, 2.24) is 4.90 Å². The van der Waals surface area contributed by atoms with Gasteiger partial charge in [-0.05, 0) is 36.1 Å². The Morgan fingerprint density at radius 2 is 1.44 bits per heavy atom. The van der Waals surface area contributed by atoms with Crippen LogP contribution in [0.2, 0.25) is 0 Å². The number of carbonyl (C=O) groups is 3. The van der Waals surface area contributed by atoms with Crippen LogP contribution in [-0.2, 0) is 34.7 Å². The van der Waals surface area contributed by atoms with Crippen LogP contribution in [0.4, 0.5) is 0 Å². The standard InChI is InChI=1S/C33H35NO6S3/c1-24(23-43(38)27-16-9-4-10-17-27)31(36)39-20-21-40-32(37)28(25-12-5-2-6-13-25)22-29(26-14-7-3-8-15-26)42-33(41)34-19-11-18-30(34)35/h2-10,12-17,24,28-29H,11,18-23H2,1H3. The molecule has 43 heavy (non-hydrogen) atoms. The van der Waals surface area contributed by atoms with Crippen molar-refractivity contribution in [3.05, 3.63) is 102 Å². The van der Waals surface area contributed by atoms with E-state index in [4.69, 9.17) is 21.7 Å². The molecule has 0 bridgehead atoms. The molecule has 226 valence electrons. The third kappa shape index (κ3) is 9.58. The lowest BCUT2D eigenvalue weighted by atomic mass is 9.92. The molecule has 1 amide bonds. The zero-order valence-electron chi connectivity index (χ0n) is 24.0. The number of ether oxygens (including phenoxy) is 2. The van der Waals surface area contributed by atoms with Gasteiger partial charge in [-0.25, -0.2) is 0 Å². The Bertz CT molecular complexity index is 1400. The summed E-state index contributed by atoms with van der Waals surface area (Å²) in [5, 5.41) is -0.205. The average Bonchev–Trinajstić information content (AvgIpc) is 3.48. The van der Waals surface area contributed by atoms with Gasteiger partial charge < -0.3 is 9.47 Å². The number of benzene rings is 3. The van der Waals surface area contributed by atoms with Gasteiger partial charge in [-0.2, -0.15) is 0 Å². The smallest absolute Gasteiger partial charge is 0.313 e. The normalized spacial score (nSPS) is 15.7. The molecule has 0 N–H and O–H groups in total. The van der Waals surface area contributed by atoms with E-state index in [2.05, 4.69) is 0 Å². The van der Waals surface area contributed by atoms with Crippen molar-refractivity contribution in [3.63, 3.8) is 0 Å². The van der Waals surface area contributed by atoms with Crippen LogP contribution < -0.4 is 0 Å². The Kier molecular flexibility index (Phi) is 12.5. The summed E-state index contributed by atoms with van der Waals surface area (Å²) in [5.74, 6) is -1.96. The first-order valence-corrected chi connectivity index (χ1v) is 16.8. The molecule has 0 saturated carbocycles. The van der Waals surface area contributed by atoms with Crippen LogP contribution in [0.3, 0.4) is 0 Å². The SMILES string of the molecule is CC(CS(=O)c1ccccc1)C(=O)OCCOC(=O)C(CC(SC(=S)N1CCCC1=O)c1ccccc1)c1ccccc1. The molecule has 1 aliphatic heterocycles. The van der Waals surface area contributed by atoms with Gasteiger partial charge in [0, 0.05) is 28.9 Å². The summed E-state index contributed by atoms with van der Waals surface area (Å²) in [6.07, 6.45) is 1.66. The minimum Gasteiger partial charge on any atom is -0.462 e. The first-order valence-electron chi connectivity index (χ1n) is 14.2. The highest BCUT2D eigenvalue weighted by molar-refractivity contribution is 8.23. The fourth-order valence-corrected chi connectivity index (χ4v) is 7.64. The number of thiocarbonyl (C=S) groups is 1. The zero-order chi connectivity index (χ0) is 30.6. The quantitative estimate of drug-likeness (QED) is 0.127. The van der Waals surface area contributed by atoms with Crippen molar-refractivity contribution in [2.24, 2.45) is 5.92 Å². The van der Waals surface area contributed by atoms with E-state index in [-0.39, 0.29) is 30.1 Å². The third-order valence-corrected chi connectivity index (χ3v) is 10.3. The Hall–Kier alpha value is -3.34. The van der Waals surface area contributed by atoms with E-state index in [1.165, 1.54) is 11.8 Å². The summed E-state index contributed by atoms with van der Waals surface area (Å²) < 4.78 is 24.0. The fourth-order valence-electron chi connectivity index (χ4n) is 4.71. The Labute approximate surface area is 264 Å². The summed E-state index contributed by atoms with van der Waals surface area (Å²) in [6.45, 7) is 2.07. The monoisotopic (exact) mass is 637 g/mol. The second-order valence-corrected chi connectivity index (χ2v) is 13.5. The largest absolute Gasteiger partial charge is 0.462 e. The summed E-state index contributed by atoms with van der Waals surface area (Å²) in [7, 11) is -1.32. The topological polar surface area (TPSA) is 90.0 Å². The van der Waals surface area contributed by atoms with Crippen LogP contribution in [0.1, 0.15) is 48.5 Å². The van der Waals surface area contributed by atoms with E-state index in [0.29, 0.717) is 28.6 Å². The molecule has 4 rings (SSSR count). The van der Waals surface area contributed by atoms with Crippen molar-refractivity contribution in [2.75, 3.05) is 25.5 Å². The lowest BCUT2D eigenvalue weighted by molar-refractivity contribution is -0.155.